The molecule has 0 heterocycles. The van der Waals surface area contributed by atoms with Crippen molar-refractivity contribution in [1.29, 1.82) is 0 Å². The Labute approximate surface area is 105 Å². The van der Waals surface area contributed by atoms with Gasteiger partial charge in [0, 0.05) is 5.56 Å². The van der Waals surface area contributed by atoms with E-state index in [-0.39, 0.29) is 12.0 Å². The minimum Gasteiger partial charge on any atom is -0.356 e. The minimum absolute atomic E-state index is 0.183. The highest BCUT2D eigenvalue weighted by Crippen LogP contribution is 2.45. The molecule has 0 aromatic heterocycles. The van der Waals surface area contributed by atoms with Gasteiger partial charge in [0.05, 0.1) is 0 Å². The van der Waals surface area contributed by atoms with Gasteiger partial charge in [0.15, 0.2) is 0 Å². The van der Waals surface area contributed by atoms with Crippen LogP contribution in [0.3, 0.4) is 0 Å². The van der Waals surface area contributed by atoms with Crippen LogP contribution in [0, 0.1) is 0 Å². The largest absolute Gasteiger partial charge is 0.446 e. The fraction of sp³-hybridized carbons (Fsp3) is 0.417. The predicted octanol–water partition coefficient (Wildman–Crippen LogP) is 1.77. The molecule has 1 aliphatic carbocycles. The number of ketones is 1. The van der Waals surface area contributed by atoms with Crippen LogP contribution in [0.25, 0.3) is 0 Å². The lowest BCUT2D eigenvalue weighted by atomic mass is 9.75. The zero-order valence-electron chi connectivity index (χ0n) is 9.54. The summed E-state index contributed by atoms with van der Waals surface area (Å²) in [6.07, 6.45) is -6.78. The van der Waals surface area contributed by atoms with Gasteiger partial charge in [-0.3, -0.25) is 4.79 Å². The van der Waals surface area contributed by atoms with Gasteiger partial charge in [0.1, 0.15) is 0 Å². The average Bonchev–Trinajstić information content (AvgIpc) is 2.33. The monoisotopic (exact) mass is 278 g/mol. The quantitative estimate of drug-likeness (QED) is 0.608. The smallest absolute Gasteiger partial charge is 0.356 e. The highest BCUT2D eigenvalue weighted by Gasteiger charge is 2.71. The summed E-state index contributed by atoms with van der Waals surface area (Å²) in [5, 5.41) is 18.1. The van der Waals surface area contributed by atoms with Crippen molar-refractivity contribution in [3.05, 3.63) is 35.4 Å². The molecule has 2 rings (SSSR count). The van der Waals surface area contributed by atoms with Gasteiger partial charge in [-0.15, -0.1) is 0 Å². The van der Waals surface area contributed by atoms with Crippen LogP contribution in [0.1, 0.15) is 22.3 Å². The fourth-order valence-electron chi connectivity index (χ4n) is 2.15. The lowest BCUT2D eigenvalue weighted by molar-refractivity contribution is -0.383. The third-order valence-corrected chi connectivity index (χ3v) is 3.31. The standard InChI is InChI=1S/C12H10F4O3/c13-10(11(18,19)12(14,15)16)6-5-7-3-1-2-4-8(7)9(10)17/h1-4,18-19H,5-6H2. The Morgan fingerprint density at radius 1 is 1.16 bits per heavy atom. The second-order valence-electron chi connectivity index (χ2n) is 4.46. The number of benzene rings is 1. The van der Waals surface area contributed by atoms with E-state index in [1.165, 1.54) is 12.1 Å². The molecule has 1 aliphatic rings. The van der Waals surface area contributed by atoms with E-state index in [2.05, 4.69) is 0 Å². The van der Waals surface area contributed by atoms with Gasteiger partial charge in [-0.1, -0.05) is 24.3 Å². The Morgan fingerprint density at radius 2 is 1.74 bits per heavy atom. The first-order chi connectivity index (χ1) is 8.61. The summed E-state index contributed by atoms with van der Waals surface area (Å²) in [6, 6.07) is 5.58. The summed E-state index contributed by atoms with van der Waals surface area (Å²) in [7, 11) is 0. The van der Waals surface area contributed by atoms with E-state index in [1.807, 2.05) is 0 Å². The Balaban J connectivity index is 2.52. The number of hydrogen-bond acceptors (Lipinski definition) is 3. The first-order valence-corrected chi connectivity index (χ1v) is 5.44. The molecule has 2 N–H and O–H groups in total. The van der Waals surface area contributed by atoms with Gasteiger partial charge in [-0.2, -0.15) is 13.2 Å². The van der Waals surface area contributed by atoms with Gasteiger partial charge < -0.3 is 10.2 Å². The molecule has 1 unspecified atom stereocenters. The third-order valence-electron chi connectivity index (χ3n) is 3.31. The van der Waals surface area contributed by atoms with Crippen molar-refractivity contribution < 1.29 is 32.6 Å². The topological polar surface area (TPSA) is 57.5 Å². The molecule has 0 radical (unpaired) electrons. The Kier molecular flexibility index (Phi) is 2.94. The van der Waals surface area contributed by atoms with Crippen molar-refractivity contribution >= 4 is 5.78 Å². The number of alkyl halides is 4. The molecular weight excluding hydrogens is 268 g/mol. The molecule has 0 amide bonds. The summed E-state index contributed by atoms with van der Waals surface area (Å²) in [6.45, 7) is 0. The summed E-state index contributed by atoms with van der Waals surface area (Å²) < 4.78 is 51.9. The number of aliphatic hydroxyl groups is 2. The molecule has 3 nitrogen and oxygen atoms in total. The molecule has 1 aromatic carbocycles. The number of fused-ring (bicyclic) bond motifs is 1. The Morgan fingerprint density at radius 3 is 2.32 bits per heavy atom. The molecular formula is C12H10F4O3. The van der Waals surface area contributed by atoms with E-state index in [0.29, 0.717) is 5.56 Å². The van der Waals surface area contributed by atoms with Crippen LogP contribution in [0.15, 0.2) is 24.3 Å². The van der Waals surface area contributed by atoms with Crippen molar-refractivity contribution in [2.45, 2.75) is 30.5 Å². The van der Waals surface area contributed by atoms with E-state index >= 15 is 0 Å². The minimum atomic E-state index is -5.66. The van der Waals surface area contributed by atoms with Crippen molar-refractivity contribution in [2.24, 2.45) is 0 Å². The number of carbonyl (C=O) groups excluding carboxylic acids is 1. The van der Waals surface area contributed by atoms with Crippen LogP contribution >= 0.6 is 0 Å². The first-order valence-electron chi connectivity index (χ1n) is 5.44. The predicted molar refractivity (Wildman–Crippen MR) is 56.2 cm³/mol. The molecule has 0 bridgehead atoms. The maximum atomic E-state index is 14.3. The van der Waals surface area contributed by atoms with Gasteiger partial charge in [0.25, 0.3) is 0 Å². The lowest BCUT2D eigenvalue weighted by Crippen LogP contribution is -2.65. The SMILES string of the molecule is O=C1c2ccccc2CCC1(F)C(O)(O)C(F)(F)F. The number of Topliss-reactive ketones (excluding diaryl/α,β-unsaturated/α-hetero) is 1. The highest BCUT2D eigenvalue weighted by molar-refractivity contribution is 6.05. The van der Waals surface area contributed by atoms with Crippen molar-refractivity contribution in [3.8, 4) is 0 Å². The fourth-order valence-corrected chi connectivity index (χ4v) is 2.15. The third kappa shape index (κ3) is 1.84. The number of carbonyl (C=O) groups is 1. The van der Waals surface area contributed by atoms with Crippen molar-refractivity contribution in [1.82, 2.24) is 0 Å². The molecule has 0 spiro atoms. The highest BCUT2D eigenvalue weighted by atomic mass is 19.4. The maximum Gasteiger partial charge on any atom is 0.446 e. The molecule has 0 fully saturated rings. The summed E-state index contributed by atoms with van der Waals surface area (Å²) in [5.41, 5.74) is -3.66. The van der Waals surface area contributed by atoms with Crippen molar-refractivity contribution in [2.75, 3.05) is 0 Å². The lowest BCUT2D eigenvalue weighted by Gasteiger charge is -2.39. The van der Waals surface area contributed by atoms with E-state index < -0.39 is 29.8 Å². The van der Waals surface area contributed by atoms with Gasteiger partial charge in [0.2, 0.25) is 11.5 Å². The molecule has 104 valence electrons. The molecule has 0 aliphatic heterocycles. The molecule has 1 atom stereocenters. The van der Waals surface area contributed by atoms with Crippen LogP contribution in [0.5, 0.6) is 0 Å². The Bertz CT molecular complexity index is 524. The molecule has 7 heteroatoms. The normalized spacial score (nSPS) is 24.2. The van der Waals surface area contributed by atoms with Gasteiger partial charge in [-0.05, 0) is 18.4 Å². The van der Waals surface area contributed by atoms with Crippen LogP contribution in [-0.2, 0) is 6.42 Å². The number of rotatable bonds is 1. The molecule has 0 saturated carbocycles. The molecule has 0 saturated heterocycles. The van der Waals surface area contributed by atoms with Crippen LogP contribution in [-0.4, -0.2) is 33.6 Å². The Hall–Kier alpha value is -1.47. The van der Waals surface area contributed by atoms with Crippen LogP contribution < -0.4 is 0 Å². The number of aryl methyl sites for hydroxylation is 1. The average molecular weight is 278 g/mol. The zero-order chi connectivity index (χ0) is 14.5. The zero-order valence-corrected chi connectivity index (χ0v) is 9.54. The van der Waals surface area contributed by atoms with E-state index in [1.54, 1.807) is 6.07 Å². The summed E-state index contributed by atoms with van der Waals surface area (Å²) in [4.78, 5) is 11.8. The molecule has 1 aromatic rings. The van der Waals surface area contributed by atoms with E-state index in [0.717, 1.165) is 6.07 Å². The van der Waals surface area contributed by atoms with Gasteiger partial charge >= 0.3 is 12.0 Å². The molecule has 19 heavy (non-hydrogen) atoms. The number of hydrogen-bond donors (Lipinski definition) is 2. The van der Waals surface area contributed by atoms with E-state index in [9.17, 15) is 22.4 Å². The number of halogens is 4. The van der Waals surface area contributed by atoms with E-state index in [4.69, 9.17) is 10.2 Å². The first kappa shape index (κ1) is 14.0. The van der Waals surface area contributed by atoms with Crippen molar-refractivity contribution in [3.63, 3.8) is 0 Å². The van der Waals surface area contributed by atoms with Gasteiger partial charge in [-0.25, -0.2) is 4.39 Å². The second kappa shape index (κ2) is 4.01. The maximum absolute atomic E-state index is 14.3. The summed E-state index contributed by atoms with van der Waals surface area (Å²) in [5.74, 6) is -6.26. The summed E-state index contributed by atoms with van der Waals surface area (Å²) >= 11 is 0. The van der Waals surface area contributed by atoms with Crippen LogP contribution in [0.2, 0.25) is 0 Å². The second-order valence-corrected chi connectivity index (χ2v) is 4.46. The van der Waals surface area contributed by atoms with Crippen LogP contribution in [0.4, 0.5) is 17.6 Å².